The Bertz CT molecular complexity index is 396. The van der Waals surface area contributed by atoms with E-state index in [1.807, 2.05) is 12.3 Å². The van der Waals surface area contributed by atoms with Crippen molar-refractivity contribution >= 4 is 21.7 Å². The van der Waals surface area contributed by atoms with Crippen LogP contribution in [0, 0.1) is 0 Å². The van der Waals surface area contributed by atoms with Crippen LogP contribution in [-0.2, 0) is 5.33 Å². The zero-order valence-corrected chi connectivity index (χ0v) is 11.6. The SMILES string of the molecule is BrCc1cccnc1N1CCN2CCCC2C1. The minimum absolute atomic E-state index is 0.758. The summed E-state index contributed by atoms with van der Waals surface area (Å²) in [7, 11) is 0. The molecule has 0 spiro atoms. The topological polar surface area (TPSA) is 19.4 Å². The predicted octanol–water partition coefficient (Wildman–Crippen LogP) is 2.26. The van der Waals surface area contributed by atoms with E-state index in [4.69, 9.17) is 0 Å². The summed E-state index contributed by atoms with van der Waals surface area (Å²) in [5.41, 5.74) is 1.30. The molecule has 2 fully saturated rings. The number of halogens is 1. The summed E-state index contributed by atoms with van der Waals surface area (Å²) in [4.78, 5) is 9.66. The van der Waals surface area contributed by atoms with Crippen molar-refractivity contribution in [1.29, 1.82) is 0 Å². The lowest BCUT2D eigenvalue weighted by Crippen LogP contribution is -2.50. The number of hydrogen-bond donors (Lipinski definition) is 0. The molecule has 1 atom stereocenters. The molecule has 0 saturated carbocycles. The van der Waals surface area contributed by atoms with Crippen LogP contribution in [0.1, 0.15) is 18.4 Å². The molecule has 3 nitrogen and oxygen atoms in total. The molecule has 0 aliphatic carbocycles. The van der Waals surface area contributed by atoms with Crippen molar-refractivity contribution in [1.82, 2.24) is 9.88 Å². The lowest BCUT2D eigenvalue weighted by molar-refractivity contribution is 0.230. The fourth-order valence-corrected chi connectivity index (χ4v) is 3.44. The van der Waals surface area contributed by atoms with E-state index < -0.39 is 0 Å². The van der Waals surface area contributed by atoms with Crippen molar-refractivity contribution in [2.45, 2.75) is 24.2 Å². The molecule has 1 unspecified atom stereocenters. The molecular formula is C13H18BrN3. The number of hydrogen-bond acceptors (Lipinski definition) is 3. The first-order valence-corrected chi connectivity index (χ1v) is 7.49. The van der Waals surface area contributed by atoms with Crippen LogP contribution >= 0.6 is 15.9 Å². The van der Waals surface area contributed by atoms with Gasteiger partial charge >= 0.3 is 0 Å². The molecule has 0 aromatic carbocycles. The molecule has 2 aliphatic rings. The molecule has 2 aliphatic heterocycles. The first kappa shape index (κ1) is 11.5. The highest BCUT2D eigenvalue weighted by atomic mass is 79.9. The van der Waals surface area contributed by atoms with Gasteiger partial charge in [0.1, 0.15) is 5.82 Å². The number of aromatic nitrogens is 1. The Morgan fingerprint density at radius 2 is 2.29 bits per heavy atom. The van der Waals surface area contributed by atoms with Crippen LogP contribution in [0.5, 0.6) is 0 Å². The highest BCUT2D eigenvalue weighted by molar-refractivity contribution is 9.08. The fourth-order valence-electron chi connectivity index (χ4n) is 3.00. The molecule has 92 valence electrons. The summed E-state index contributed by atoms with van der Waals surface area (Å²) in [6.07, 6.45) is 4.63. The molecular weight excluding hydrogens is 278 g/mol. The Morgan fingerprint density at radius 3 is 3.18 bits per heavy atom. The van der Waals surface area contributed by atoms with E-state index in [0.29, 0.717) is 0 Å². The number of nitrogens with zero attached hydrogens (tertiary/aromatic N) is 3. The van der Waals surface area contributed by atoms with Crippen LogP contribution < -0.4 is 4.90 Å². The summed E-state index contributed by atoms with van der Waals surface area (Å²) < 4.78 is 0. The number of alkyl halides is 1. The third-order valence-electron chi connectivity index (χ3n) is 3.90. The molecule has 0 N–H and O–H groups in total. The van der Waals surface area contributed by atoms with E-state index in [2.05, 4.69) is 36.8 Å². The van der Waals surface area contributed by atoms with Crippen molar-refractivity contribution in [3.05, 3.63) is 23.9 Å². The Balaban J connectivity index is 1.80. The predicted molar refractivity (Wildman–Crippen MR) is 73.7 cm³/mol. The molecule has 0 amide bonds. The van der Waals surface area contributed by atoms with Gasteiger partial charge in [0.05, 0.1) is 0 Å². The van der Waals surface area contributed by atoms with Gasteiger partial charge in [-0.1, -0.05) is 22.0 Å². The van der Waals surface area contributed by atoms with E-state index in [1.54, 1.807) is 0 Å². The van der Waals surface area contributed by atoms with Gasteiger partial charge in [-0.3, -0.25) is 4.90 Å². The second-order valence-corrected chi connectivity index (χ2v) is 5.46. The molecule has 3 rings (SSSR count). The van der Waals surface area contributed by atoms with Crippen molar-refractivity contribution in [2.75, 3.05) is 31.1 Å². The third kappa shape index (κ3) is 2.20. The summed E-state index contributed by atoms with van der Waals surface area (Å²) in [6, 6.07) is 4.94. The highest BCUT2D eigenvalue weighted by Crippen LogP contribution is 2.26. The molecule has 0 bridgehead atoms. The zero-order chi connectivity index (χ0) is 11.7. The summed E-state index contributed by atoms with van der Waals surface area (Å²) in [5, 5.41) is 0.890. The Labute approximate surface area is 111 Å². The second kappa shape index (κ2) is 4.94. The minimum Gasteiger partial charge on any atom is -0.354 e. The number of piperazine rings is 1. The standard InChI is InChI=1S/C13H18BrN3/c14-9-11-3-1-5-15-13(11)17-8-7-16-6-2-4-12(16)10-17/h1,3,5,12H,2,4,6-10H2. The first-order chi connectivity index (χ1) is 8.38. The number of rotatable bonds is 2. The molecule has 17 heavy (non-hydrogen) atoms. The monoisotopic (exact) mass is 295 g/mol. The molecule has 1 aromatic rings. The highest BCUT2D eigenvalue weighted by Gasteiger charge is 2.31. The van der Waals surface area contributed by atoms with Gasteiger partial charge in [0.15, 0.2) is 0 Å². The number of pyridine rings is 1. The molecule has 4 heteroatoms. The Kier molecular flexibility index (Phi) is 3.34. The largest absolute Gasteiger partial charge is 0.354 e. The van der Waals surface area contributed by atoms with E-state index in [1.165, 1.54) is 37.3 Å². The number of fused-ring (bicyclic) bond motifs is 1. The zero-order valence-electron chi connectivity index (χ0n) is 9.98. The average molecular weight is 296 g/mol. The Hall–Kier alpha value is -0.610. The fraction of sp³-hybridized carbons (Fsp3) is 0.615. The first-order valence-electron chi connectivity index (χ1n) is 6.37. The van der Waals surface area contributed by atoms with Crippen LogP contribution in [0.25, 0.3) is 0 Å². The maximum atomic E-state index is 4.56. The maximum absolute atomic E-state index is 4.56. The number of anilines is 1. The minimum atomic E-state index is 0.758. The lowest BCUT2D eigenvalue weighted by Gasteiger charge is -2.38. The van der Waals surface area contributed by atoms with Crippen LogP contribution in [-0.4, -0.2) is 42.1 Å². The molecule has 2 saturated heterocycles. The normalized spacial score (nSPS) is 25.0. The van der Waals surface area contributed by atoms with Crippen molar-refractivity contribution in [3.63, 3.8) is 0 Å². The van der Waals surface area contributed by atoms with Gasteiger partial charge in [0.2, 0.25) is 0 Å². The van der Waals surface area contributed by atoms with E-state index in [0.717, 1.165) is 24.5 Å². The average Bonchev–Trinajstić information content (AvgIpc) is 2.85. The third-order valence-corrected chi connectivity index (χ3v) is 4.50. The summed E-state index contributed by atoms with van der Waals surface area (Å²) in [5.74, 6) is 1.18. The van der Waals surface area contributed by atoms with Crippen LogP contribution in [0.15, 0.2) is 18.3 Å². The van der Waals surface area contributed by atoms with Crippen LogP contribution in [0.2, 0.25) is 0 Å². The smallest absolute Gasteiger partial charge is 0.132 e. The summed E-state index contributed by atoms with van der Waals surface area (Å²) >= 11 is 3.55. The van der Waals surface area contributed by atoms with E-state index in [9.17, 15) is 0 Å². The second-order valence-electron chi connectivity index (χ2n) is 4.90. The van der Waals surface area contributed by atoms with Crippen molar-refractivity contribution < 1.29 is 0 Å². The van der Waals surface area contributed by atoms with Gasteiger partial charge in [-0.25, -0.2) is 4.98 Å². The lowest BCUT2D eigenvalue weighted by atomic mass is 10.1. The van der Waals surface area contributed by atoms with Gasteiger partial charge in [-0.2, -0.15) is 0 Å². The quantitative estimate of drug-likeness (QED) is 0.780. The Morgan fingerprint density at radius 1 is 1.35 bits per heavy atom. The van der Waals surface area contributed by atoms with Crippen molar-refractivity contribution in [3.8, 4) is 0 Å². The van der Waals surface area contributed by atoms with Gasteiger partial charge in [0.25, 0.3) is 0 Å². The van der Waals surface area contributed by atoms with E-state index >= 15 is 0 Å². The molecule has 1 aromatic heterocycles. The van der Waals surface area contributed by atoms with Crippen LogP contribution in [0.4, 0.5) is 5.82 Å². The van der Waals surface area contributed by atoms with Crippen LogP contribution in [0.3, 0.4) is 0 Å². The van der Waals surface area contributed by atoms with Crippen molar-refractivity contribution in [2.24, 2.45) is 0 Å². The molecule has 0 radical (unpaired) electrons. The van der Waals surface area contributed by atoms with Gasteiger partial charge in [-0.15, -0.1) is 0 Å². The molecule has 3 heterocycles. The van der Waals surface area contributed by atoms with Gasteiger partial charge in [0, 0.05) is 42.8 Å². The van der Waals surface area contributed by atoms with Gasteiger partial charge in [-0.05, 0) is 25.5 Å². The van der Waals surface area contributed by atoms with Gasteiger partial charge < -0.3 is 4.90 Å². The summed E-state index contributed by atoms with van der Waals surface area (Å²) in [6.45, 7) is 4.76. The van der Waals surface area contributed by atoms with E-state index in [-0.39, 0.29) is 0 Å². The maximum Gasteiger partial charge on any atom is 0.132 e.